The minimum atomic E-state index is 0.253. The number of rotatable bonds is 15. The van der Waals surface area contributed by atoms with Gasteiger partial charge < -0.3 is 0 Å². The molecular formula is C12H24S12. The summed E-state index contributed by atoms with van der Waals surface area (Å²) < 4.78 is 0.835. The van der Waals surface area contributed by atoms with E-state index < -0.39 is 0 Å². The van der Waals surface area contributed by atoms with Crippen LogP contribution in [0.5, 0.6) is 0 Å². The highest BCUT2D eigenvalue weighted by Gasteiger charge is 2.32. The molecule has 1 fully saturated rings. The van der Waals surface area contributed by atoms with Gasteiger partial charge in [-0.3, -0.25) is 0 Å². The van der Waals surface area contributed by atoms with E-state index in [4.69, 9.17) is 25.3 Å². The molecule has 1 aliphatic rings. The van der Waals surface area contributed by atoms with Crippen molar-refractivity contribution in [1.29, 1.82) is 0 Å². The standard InChI is InChI=1S/C12H24S12/c13-1-8(16)11(19-4-14)12(20-5-15)9(17)2-23-24-6-18-3-10-21-7-22-10/h8-17H,1-7H2. The number of thioether (sulfide) groups is 5. The average Bonchev–Trinajstić information content (AvgIpc) is 2.54. The van der Waals surface area contributed by atoms with E-state index in [2.05, 4.69) is 73.2 Å². The van der Waals surface area contributed by atoms with Crippen LogP contribution in [0.4, 0.5) is 0 Å². The highest BCUT2D eigenvalue weighted by molar-refractivity contribution is 8.78. The SMILES string of the molecule is SCSC(C(S)CS)C(SCS)C(S)CSSCSCC1SCS1. The molecule has 0 nitrogen and oxygen atoms in total. The van der Waals surface area contributed by atoms with Gasteiger partial charge in [0.1, 0.15) is 0 Å². The predicted molar refractivity (Wildman–Crippen MR) is 151 cm³/mol. The lowest BCUT2D eigenvalue weighted by Crippen LogP contribution is -2.38. The summed E-state index contributed by atoms with van der Waals surface area (Å²) in [4.78, 5) is 0. The maximum atomic E-state index is 4.91. The monoisotopic (exact) mass is 552 g/mol. The Morgan fingerprint density at radius 2 is 1.54 bits per heavy atom. The third kappa shape index (κ3) is 10.8. The van der Waals surface area contributed by atoms with E-state index in [1.165, 1.54) is 10.8 Å². The van der Waals surface area contributed by atoms with Gasteiger partial charge in [0.2, 0.25) is 0 Å². The molecule has 0 spiro atoms. The summed E-state index contributed by atoms with van der Waals surface area (Å²) >= 11 is 32.8. The van der Waals surface area contributed by atoms with Gasteiger partial charge in [-0.15, -0.1) is 58.8 Å². The van der Waals surface area contributed by atoms with Crippen LogP contribution >= 0.6 is 144 Å². The lowest BCUT2D eigenvalue weighted by Gasteiger charge is -2.33. The van der Waals surface area contributed by atoms with Gasteiger partial charge in [0.25, 0.3) is 0 Å². The van der Waals surface area contributed by atoms with Gasteiger partial charge in [0, 0.05) is 58.6 Å². The zero-order valence-corrected chi connectivity index (χ0v) is 23.1. The van der Waals surface area contributed by atoms with Crippen LogP contribution in [0.15, 0.2) is 0 Å². The van der Waals surface area contributed by atoms with Crippen LogP contribution in [0, 0.1) is 0 Å². The fraction of sp³-hybridized carbons (Fsp3) is 1.00. The predicted octanol–water partition coefficient (Wildman–Crippen LogP) is 6.33. The summed E-state index contributed by atoms with van der Waals surface area (Å²) in [7, 11) is 3.90. The second kappa shape index (κ2) is 16.9. The Morgan fingerprint density at radius 1 is 0.917 bits per heavy atom. The van der Waals surface area contributed by atoms with Gasteiger partial charge in [-0.1, -0.05) is 21.6 Å². The van der Waals surface area contributed by atoms with Crippen LogP contribution in [-0.2, 0) is 0 Å². The summed E-state index contributed by atoms with van der Waals surface area (Å²) in [6.45, 7) is 0. The Morgan fingerprint density at radius 3 is 2.04 bits per heavy atom. The van der Waals surface area contributed by atoms with E-state index in [0.29, 0.717) is 15.7 Å². The van der Waals surface area contributed by atoms with Crippen LogP contribution < -0.4 is 0 Å². The molecule has 0 aliphatic carbocycles. The molecule has 1 aliphatic heterocycles. The summed E-state index contributed by atoms with van der Waals surface area (Å²) in [6.07, 6.45) is 0. The van der Waals surface area contributed by atoms with E-state index >= 15 is 0 Å². The zero-order valence-electron chi connectivity index (χ0n) is 12.9. The first-order valence-electron chi connectivity index (χ1n) is 7.11. The number of hydrogen-bond donors (Lipinski definition) is 5. The summed E-state index contributed by atoms with van der Waals surface area (Å²) in [5, 5.41) is 5.45. The molecular weight excluding hydrogens is 529 g/mol. The topological polar surface area (TPSA) is 0 Å². The molecule has 12 heteroatoms. The van der Waals surface area contributed by atoms with Gasteiger partial charge in [-0.2, -0.15) is 63.1 Å². The quantitative estimate of drug-likeness (QED) is 0.0688. The zero-order chi connectivity index (χ0) is 17.8. The third-order valence-electron chi connectivity index (χ3n) is 3.02. The van der Waals surface area contributed by atoms with E-state index in [1.54, 1.807) is 0 Å². The van der Waals surface area contributed by atoms with Gasteiger partial charge in [-0.05, 0) is 0 Å². The molecule has 4 atom stereocenters. The van der Waals surface area contributed by atoms with Gasteiger partial charge in [0.15, 0.2) is 0 Å². The normalized spacial score (nSPS) is 20.4. The number of thiol groups is 5. The van der Waals surface area contributed by atoms with Crippen LogP contribution in [0.1, 0.15) is 0 Å². The minimum Gasteiger partial charge on any atom is -0.178 e. The van der Waals surface area contributed by atoms with Gasteiger partial charge >= 0.3 is 0 Å². The minimum absolute atomic E-state index is 0.253. The fourth-order valence-corrected chi connectivity index (χ4v) is 13.4. The molecule has 0 aromatic heterocycles. The van der Waals surface area contributed by atoms with Crippen molar-refractivity contribution in [3.05, 3.63) is 0 Å². The van der Waals surface area contributed by atoms with Crippen molar-refractivity contribution in [3.8, 4) is 0 Å². The van der Waals surface area contributed by atoms with Crippen molar-refractivity contribution < 1.29 is 0 Å². The lowest BCUT2D eigenvalue weighted by atomic mass is 10.2. The Hall–Kier alpha value is 4.20. The molecule has 0 bridgehead atoms. The van der Waals surface area contributed by atoms with Crippen molar-refractivity contribution in [1.82, 2.24) is 0 Å². The molecule has 0 aromatic carbocycles. The molecule has 144 valence electrons. The smallest absolute Gasteiger partial charge is 0.0609 e. The Balaban J connectivity index is 2.30. The fourth-order valence-electron chi connectivity index (χ4n) is 1.81. The molecule has 0 N–H and O–H groups in total. The first-order valence-corrected chi connectivity index (χ1v) is 17.9. The lowest BCUT2D eigenvalue weighted by molar-refractivity contribution is 0.779. The van der Waals surface area contributed by atoms with E-state index in [1.807, 2.05) is 45.1 Å². The van der Waals surface area contributed by atoms with E-state index in [-0.39, 0.29) is 5.25 Å². The van der Waals surface area contributed by atoms with Crippen LogP contribution in [-0.4, -0.2) is 63.2 Å². The molecule has 4 unspecified atom stereocenters. The maximum absolute atomic E-state index is 4.91. The van der Waals surface area contributed by atoms with E-state index in [9.17, 15) is 0 Å². The maximum Gasteiger partial charge on any atom is 0.0609 e. The molecule has 0 radical (unpaired) electrons. The summed E-state index contributed by atoms with van der Waals surface area (Å²) in [6, 6.07) is 0. The van der Waals surface area contributed by atoms with E-state index in [0.717, 1.165) is 31.3 Å². The molecule has 0 amide bonds. The first-order chi connectivity index (χ1) is 11.6. The van der Waals surface area contributed by atoms with Crippen LogP contribution in [0.3, 0.4) is 0 Å². The molecule has 1 saturated heterocycles. The van der Waals surface area contributed by atoms with Crippen molar-refractivity contribution in [2.24, 2.45) is 0 Å². The summed E-state index contributed by atoms with van der Waals surface area (Å²) in [5.74, 6) is 3.09. The first kappa shape index (κ1) is 26.2. The Labute approximate surface area is 204 Å². The largest absolute Gasteiger partial charge is 0.178 e. The Kier molecular flexibility index (Phi) is 18.5. The molecule has 1 rings (SSSR count). The second-order valence-electron chi connectivity index (χ2n) is 4.61. The average molecular weight is 553 g/mol. The summed E-state index contributed by atoms with van der Waals surface area (Å²) in [5.41, 5.74) is 0. The van der Waals surface area contributed by atoms with Crippen LogP contribution in [0.25, 0.3) is 0 Å². The van der Waals surface area contributed by atoms with Crippen molar-refractivity contribution in [2.75, 3.05) is 37.6 Å². The highest BCUT2D eigenvalue weighted by atomic mass is 33.1. The third-order valence-corrected chi connectivity index (χ3v) is 16.2. The Bertz CT molecular complexity index is 302. The number of hydrogen-bond acceptors (Lipinski definition) is 12. The highest BCUT2D eigenvalue weighted by Crippen LogP contribution is 2.42. The second-order valence-corrected chi connectivity index (χ2v) is 17.1. The van der Waals surface area contributed by atoms with Crippen molar-refractivity contribution in [3.63, 3.8) is 0 Å². The molecule has 0 aromatic rings. The van der Waals surface area contributed by atoms with Gasteiger partial charge in [0.05, 0.1) is 4.58 Å². The van der Waals surface area contributed by atoms with Crippen molar-refractivity contribution in [2.45, 2.75) is 25.6 Å². The van der Waals surface area contributed by atoms with Crippen LogP contribution in [0.2, 0.25) is 0 Å². The van der Waals surface area contributed by atoms with Gasteiger partial charge in [-0.25, -0.2) is 0 Å². The molecule has 24 heavy (non-hydrogen) atoms. The molecule has 1 heterocycles. The molecule has 0 saturated carbocycles. The van der Waals surface area contributed by atoms with Crippen molar-refractivity contribution >= 4 is 144 Å².